The van der Waals surface area contributed by atoms with E-state index in [4.69, 9.17) is 5.73 Å². The highest BCUT2D eigenvalue weighted by atomic mass is 16.4. The molecule has 11 heteroatoms. The van der Waals surface area contributed by atoms with Gasteiger partial charge >= 0.3 is 5.97 Å². The van der Waals surface area contributed by atoms with Crippen molar-refractivity contribution in [1.29, 1.82) is 0 Å². The van der Waals surface area contributed by atoms with Crippen LogP contribution in [0, 0.1) is 5.92 Å². The number of H-pyrrole nitrogens is 1. The maximum atomic E-state index is 12.8. The van der Waals surface area contributed by atoms with Gasteiger partial charge < -0.3 is 31.8 Å². The summed E-state index contributed by atoms with van der Waals surface area (Å²) in [5.41, 5.74) is 7.43. The molecule has 0 aliphatic carbocycles. The third-order valence-corrected chi connectivity index (χ3v) is 5.23. The molecular formula is C23H32N6O5. The Kier molecular flexibility index (Phi) is 9.75. The van der Waals surface area contributed by atoms with E-state index in [1.165, 1.54) is 19.4 Å². The molecule has 2 aromatic rings. The van der Waals surface area contributed by atoms with E-state index >= 15 is 0 Å². The van der Waals surface area contributed by atoms with Gasteiger partial charge in [-0.25, -0.2) is 9.78 Å². The Morgan fingerprint density at radius 1 is 0.971 bits per heavy atom. The lowest BCUT2D eigenvalue weighted by molar-refractivity contribution is -0.143. The number of nitrogens with two attached hydrogens (primary N) is 1. The Morgan fingerprint density at radius 3 is 2.21 bits per heavy atom. The summed E-state index contributed by atoms with van der Waals surface area (Å²) in [6.45, 7) is 4.80. The van der Waals surface area contributed by atoms with Gasteiger partial charge in [-0.05, 0) is 24.8 Å². The number of aromatic nitrogens is 2. The minimum Gasteiger partial charge on any atom is -0.480 e. The average Bonchev–Trinajstić information content (AvgIpc) is 3.30. The van der Waals surface area contributed by atoms with Gasteiger partial charge in [0.25, 0.3) is 0 Å². The Balaban J connectivity index is 2.02. The van der Waals surface area contributed by atoms with E-state index < -0.39 is 47.9 Å². The fraction of sp³-hybridized carbons (Fsp3) is 0.435. The van der Waals surface area contributed by atoms with Gasteiger partial charge in [-0.2, -0.15) is 0 Å². The smallest absolute Gasteiger partial charge is 0.326 e. The van der Waals surface area contributed by atoms with E-state index in [2.05, 4.69) is 25.9 Å². The van der Waals surface area contributed by atoms with Crippen LogP contribution in [-0.2, 0) is 32.0 Å². The number of imidazole rings is 1. The first-order valence-corrected chi connectivity index (χ1v) is 11.0. The predicted molar refractivity (Wildman–Crippen MR) is 124 cm³/mol. The van der Waals surface area contributed by atoms with Crippen LogP contribution in [0.25, 0.3) is 0 Å². The van der Waals surface area contributed by atoms with Crippen molar-refractivity contribution in [1.82, 2.24) is 25.9 Å². The van der Waals surface area contributed by atoms with Gasteiger partial charge in [0, 0.05) is 18.3 Å². The van der Waals surface area contributed by atoms with Crippen molar-refractivity contribution < 1.29 is 24.3 Å². The van der Waals surface area contributed by atoms with Gasteiger partial charge in [0.1, 0.15) is 18.1 Å². The molecule has 1 aromatic heterocycles. The molecule has 0 saturated heterocycles. The zero-order chi connectivity index (χ0) is 25.3. The second kappa shape index (κ2) is 12.5. The largest absolute Gasteiger partial charge is 0.480 e. The highest BCUT2D eigenvalue weighted by Gasteiger charge is 2.30. The number of benzene rings is 1. The molecule has 0 unspecified atom stereocenters. The second-order valence-electron chi connectivity index (χ2n) is 8.44. The standard InChI is InChI=1S/C23H32N6O5/c1-13(2)19(23(33)34)29-22(32)18(10-16-11-25-12-26-16)28-20(30)14(3)27-21(31)17(24)9-15-7-5-4-6-8-15/h4-8,11-14,17-19H,9-10,24H2,1-3H3,(H,25,26)(H,27,31)(H,28,30)(H,29,32)(H,33,34)/t14-,17-,18-,19-/m0/s1. The normalized spacial score (nSPS) is 14.5. The minimum atomic E-state index is -1.18. The van der Waals surface area contributed by atoms with Crippen LogP contribution < -0.4 is 21.7 Å². The fourth-order valence-corrected chi connectivity index (χ4v) is 3.24. The van der Waals surface area contributed by atoms with Gasteiger partial charge in [0.2, 0.25) is 17.7 Å². The molecule has 4 atom stereocenters. The summed E-state index contributed by atoms with van der Waals surface area (Å²) >= 11 is 0. The highest BCUT2D eigenvalue weighted by Crippen LogP contribution is 2.06. The molecule has 2 rings (SSSR count). The lowest BCUT2D eigenvalue weighted by Crippen LogP contribution is -2.57. The molecule has 0 radical (unpaired) electrons. The van der Waals surface area contributed by atoms with Crippen LogP contribution in [-0.4, -0.2) is 62.9 Å². The first-order chi connectivity index (χ1) is 16.1. The number of hydrogen-bond donors (Lipinski definition) is 6. The number of carbonyl (C=O) groups is 4. The number of amides is 3. The molecule has 0 spiro atoms. The van der Waals surface area contributed by atoms with Gasteiger partial charge in [0.05, 0.1) is 12.4 Å². The minimum absolute atomic E-state index is 0.0518. The monoisotopic (exact) mass is 472 g/mol. The first-order valence-electron chi connectivity index (χ1n) is 11.0. The van der Waals surface area contributed by atoms with E-state index in [0.717, 1.165) is 5.56 Å². The van der Waals surface area contributed by atoms with E-state index in [9.17, 15) is 24.3 Å². The molecule has 7 N–H and O–H groups in total. The van der Waals surface area contributed by atoms with Crippen LogP contribution >= 0.6 is 0 Å². The van der Waals surface area contributed by atoms with E-state index in [-0.39, 0.29) is 12.3 Å². The van der Waals surface area contributed by atoms with Gasteiger partial charge in [-0.15, -0.1) is 0 Å². The van der Waals surface area contributed by atoms with Crippen molar-refractivity contribution in [2.45, 2.75) is 57.8 Å². The quantitative estimate of drug-likeness (QED) is 0.246. The average molecular weight is 473 g/mol. The lowest BCUT2D eigenvalue weighted by Gasteiger charge is -2.24. The molecule has 0 aliphatic heterocycles. The van der Waals surface area contributed by atoms with Crippen molar-refractivity contribution in [2.75, 3.05) is 0 Å². The van der Waals surface area contributed by atoms with Gasteiger partial charge in [-0.1, -0.05) is 44.2 Å². The van der Waals surface area contributed by atoms with E-state index in [1.54, 1.807) is 13.8 Å². The Labute approximate surface area is 197 Å². The number of aliphatic carboxylic acids is 1. The van der Waals surface area contributed by atoms with Crippen LogP contribution in [0.5, 0.6) is 0 Å². The molecular weight excluding hydrogens is 440 g/mol. The fourth-order valence-electron chi connectivity index (χ4n) is 3.24. The Bertz CT molecular complexity index is 963. The summed E-state index contributed by atoms with van der Waals surface area (Å²) in [6, 6.07) is 5.19. The van der Waals surface area contributed by atoms with Crippen molar-refractivity contribution in [2.24, 2.45) is 11.7 Å². The molecule has 0 saturated carbocycles. The zero-order valence-corrected chi connectivity index (χ0v) is 19.4. The third-order valence-electron chi connectivity index (χ3n) is 5.23. The number of carboxylic acid groups (broad SMARTS) is 1. The predicted octanol–water partition coefficient (Wildman–Crippen LogP) is -0.263. The summed E-state index contributed by atoms with van der Waals surface area (Å²) in [6.07, 6.45) is 3.28. The van der Waals surface area contributed by atoms with Crippen LogP contribution in [0.1, 0.15) is 32.0 Å². The topological polar surface area (TPSA) is 179 Å². The van der Waals surface area contributed by atoms with Crippen LogP contribution in [0.2, 0.25) is 0 Å². The van der Waals surface area contributed by atoms with Crippen molar-refractivity contribution in [3.05, 3.63) is 54.1 Å². The van der Waals surface area contributed by atoms with Crippen LogP contribution in [0.3, 0.4) is 0 Å². The summed E-state index contributed by atoms with van der Waals surface area (Å²) in [5.74, 6) is -3.33. The van der Waals surface area contributed by atoms with Crippen LogP contribution in [0.15, 0.2) is 42.9 Å². The third kappa shape index (κ3) is 8.00. The number of aromatic amines is 1. The summed E-state index contributed by atoms with van der Waals surface area (Å²) in [5, 5.41) is 17.0. The Hall–Kier alpha value is -3.73. The number of nitrogens with one attached hydrogen (secondary N) is 4. The molecule has 0 aliphatic rings. The highest BCUT2D eigenvalue weighted by molar-refractivity contribution is 5.94. The molecule has 184 valence electrons. The number of carboxylic acids is 1. The van der Waals surface area contributed by atoms with Crippen molar-refractivity contribution >= 4 is 23.7 Å². The van der Waals surface area contributed by atoms with Crippen molar-refractivity contribution in [3.63, 3.8) is 0 Å². The number of carbonyl (C=O) groups excluding carboxylic acids is 3. The molecule has 1 aromatic carbocycles. The van der Waals surface area contributed by atoms with Gasteiger partial charge in [0.15, 0.2) is 0 Å². The molecule has 1 heterocycles. The molecule has 34 heavy (non-hydrogen) atoms. The molecule has 3 amide bonds. The van der Waals surface area contributed by atoms with Crippen molar-refractivity contribution in [3.8, 4) is 0 Å². The Morgan fingerprint density at radius 2 is 1.65 bits per heavy atom. The zero-order valence-electron chi connectivity index (χ0n) is 19.4. The SMILES string of the molecule is CC(C)[C@H](NC(=O)[C@H](Cc1cnc[nH]1)NC(=O)[C@H](C)NC(=O)[C@@H](N)Cc1ccccc1)C(=O)O. The number of hydrogen-bond acceptors (Lipinski definition) is 6. The molecule has 0 fully saturated rings. The summed E-state index contributed by atoms with van der Waals surface area (Å²) in [7, 11) is 0. The first kappa shape index (κ1) is 26.5. The number of rotatable bonds is 12. The number of nitrogens with zero attached hydrogens (tertiary/aromatic N) is 1. The molecule has 11 nitrogen and oxygen atoms in total. The summed E-state index contributed by atoms with van der Waals surface area (Å²) in [4.78, 5) is 56.3. The molecule has 0 bridgehead atoms. The maximum absolute atomic E-state index is 12.8. The lowest BCUT2D eigenvalue weighted by atomic mass is 10.0. The van der Waals surface area contributed by atoms with E-state index in [0.29, 0.717) is 12.1 Å². The second-order valence-corrected chi connectivity index (χ2v) is 8.44. The van der Waals surface area contributed by atoms with Crippen LogP contribution in [0.4, 0.5) is 0 Å². The van der Waals surface area contributed by atoms with Gasteiger partial charge in [-0.3, -0.25) is 14.4 Å². The maximum Gasteiger partial charge on any atom is 0.326 e. The summed E-state index contributed by atoms with van der Waals surface area (Å²) < 4.78 is 0. The van der Waals surface area contributed by atoms with E-state index in [1.807, 2.05) is 30.3 Å².